The second kappa shape index (κ2) is 6.01. The minimum absolute atomic E-state index is 0.310. The van der Waals surface area contributed by atoms with E-state index in [0.717, 1.165) is 45.6 Å². The smallest absolute Gasteiger partial charge is 0.172 e. The van der Waals surface area contributed by atoms with Gasteiger partial charge in [-0.05, 0) is 18.4 Å². The summed E-state index contributed by atoms with van der Waals surface area (Å²) in [6.07, 6.45) is 5.43. The first-order valence-corrected chi connectivity index (χ1v) is 8.49. The van der Waals surface area contributed by atoms with Gasteiger partial charge >= 0.3 is 0 Å². The number of nitrogens with zero attached hydrogens (tertiary/aromatic N) is 2. The Balaban J connectivity index is 1.64. The van der Waals surface area contributed by atoms with Gasteiger partial charge in [0, 0.05) is 32.4 Å². The fourth-order valence-corrected chi connectivity index (χ4v) is 3.91. The van der Waals surface area contributed by atoms with Crippen molar-refractivity contribution in [2.24, 2.45) is 4.99 Å². The average molecular weight is 300 g/mol. The summed E-state index contributed by atoms with van der Waals surface area (Å²) in [6.45, 7) is 3.40. The normalized spacial score (nSPS) is 27.9. The third-order valence-electron chi connectivity index (χ3n) is 5.05. The first kappa shape index (κ1) is 14.2. The summed E-state index contributed by atoms with van der Waals surface area (Å²) in [7, 11) is 0. The Morgan fingerprint density at radius 1 is 1.09 bits per heavy atom. The molecule has 1 aromatic rings. The lowest BCUT2D eigenvalue weighted by atomic mass is 9.90. The molecule has 3 aliphatic rings. The van der Waals surface area contributed by atoms with Crippen LogP contribution in [0.4, 0.5) is 0 Å². The van der Waals surface area contributed by atoms with Gasteiger partial charge in [0.1, 0.15) is 0 Å². The van der Waals surface area contributed by atoms with Crippen molar-refractivity contribution in [3.8, 4) is 0 Å². The average Bonchev–Trinajstić information content (AvgIpc) is 3.04. The number of hydrogen-bond acceptors (Lipinski definition) is 4. The van der Waals surface area contributed by atoms with E-state index in [2.05, 4.69) is 35.2 Å². The van der Waals surface area contributed by atoms with Crippen molar-refractivity contribution in [2.75, 3.05) is 26.3 Å². The van der Waals surface area contributed by atoms with E-state index in [0.29, 0.717) is 6.04 Å². The van der Waals surface area contributed by atoms with E-state index in [1.54, 1.807) is 0 Å². The molecule has 0 N–H and O–H groups in total. The monoisotopic (exact) mass is 300 g/mol. The van der Waals surface area contributed by atoms with E-state index >= 15 is 0 Å². The zero-order valence-electron chi connectivity index (χ0n) is 13.0. The van der Waals surface area contributed by atoms with Gasteiger partial charge in [0.15, 0.2) is 5.79 Å². The number of rotatable bonds is 1. The summed E-state index contributed by atoms with van der Waals surface area (Å²) < 4.78 is 12.0. The Kier molecular flexibility index (Phi) is 3.89. The number of ether oxygens (including phenoxy) is 2. The highest BCUT2D eigenvalue weighted by molar-refractivity contribution is 5.83. The minimum Gasteiger partial charge on any atom is -0.353 e. The number of likely N-dealkylation sites (tertiary alicyclic amines) is 1. The van der Waals surface area contributed by atoms with Crippen LogP contribution in [-0.2, 0) is 9.47 Å². The second-order valence-electron chi connectivity index (χ2n) is 6.44. The molecule has 3 aliphatic heterocycles. The topological polar surface area (TPSA) is 34.1 Å². The van der Waals surface area contributed by atoms with Crippen LogP contribution in [0.25, 0.3) is 0 Å². The molecule has 4 heteroatoms. The maximum Gasteiger partial charge on any atom is 0.172 e. The maximum absolute atomic E-state index is 5.98. The highest BCUT2D eigenvalue weighted by Crippen LogP contribution is 2.42. The molecule has 2 fully saturated rings. The van der Waals surface area contributed by atoms with Crippen molar-refractivity contribution >= 4 is 5.84 Å². The second-order valence-corrected chi connectivity index (χ2v) is 6.44. The summed E-state index contributed by atoms with van der Waals surface area (Å²) in [5.41, 5.74) is 1.34. The van der Waals surface area contributed by atoms with E-state index in [1.807, 2.05) is 0 Å². The van der Waals surface area contributed by atoms with E-state index < -0.39 is 0 Å². The van der Waals surface area contributed by atoms with Crippen molar-refractivity contribution in [2.45, 2.75) is 43.9 Å². The Bertz CT molecular complexity index is 537. The van der Waals surface area contributed by atoms with Crippen molar-refractivity contribution < 1.29 is 9.47 Å². The lowest BCUT2D eigenvalue weighted by Crippen LogP contribution is -2.49. The lowest BCUT2D eigenvalue weighted by molar-refractivity contribution is -0.191. The fraction of sp³-hybridized carbons (Fsp3) is 0.611. The Hall–Kier alpha value is -1.39. The van der Waals surface area contributed by atoms with Crippen LogP contribution in [0.15, 0.2) is 35.3 Å². The quantitative estimate of drug-likeness (QED) is 0.799. The van der Waals surface area contributed by atoms with Gasteiger partial charge in [-0.2, -0.15) is 0 Å². The predicted octanol–water partition coefficient (Wildman–Crippen LogP) is 3.15. The summed E-state index contributed by atoms with van der Waals surface area (Å²) in [5.74, 6) is 0.916. The van der Waals surface area contributed by atoms with E-state index in [1.165, 1.54) is 24.2 Å². The molecule has 1 spiro atoms. The van der Waals surface area contributed by atoms with Gasteiger partial charge in [-0.15, -0.1) is 0 Å². The standard InChI is InChI=1S/C18H24N2O2/c1-2-6-15(7-3-1)16-14-18(21-12-13-22-18)9-11-20(16)17-8-4-5-10-19-17/h1-3,6-7,16H,4-5,8-14H2. The minimum atomic E-state index is -0.369. The van der Waals surface area contributed by atoms with Crippen LogP contribution in [0.1, 0.15) is 43.7 Å². The van der Waals surface area contributed by atoms with E-state index in [9.17, 15) is 0 Å². The first-order valence-electron chi connectivity index (χ1n) is 8.49. The Morgan fingerprint density at radius 3 is 2.64 bits per heavy atom. The highest BCUT2D eigenvalue weighted by atomic mass is 16.7. The lowest BCUT2D eigenvalue weighted by Gasteiger charge is -2.45. The van der Waals surface area contributed by atoms with Crippen LogP contribution in [0.2, 0.25) is 0 Å². The molecule has 1 atom stereocenters. The zero-order valence-corrected chi connectivity index (χ0v) is 13.0. The van der Waals surface area contributed by atoms with Crippen LogP contribution in [0.3, 0.4) is 0 Å². The van der Waals surface area contributed by atoms with Crippen molar-refractivity contribution in [3.05, 3.63) is 35.9 Å². The number of hydrogen-bond donors (Lipinski definition) is 0. The molecule has 3 heterocycles. The summed E-state index contributed by atoms with van der Waals surface area (Å²) >= 11 is 0. The number of aliphatic imine (C=N–C) groups is 1. The molecule has 1 aromatic carbocycles. The van der Waals surface area contributed by atoms with Crippen LogP contribution in [-0.4, -0.2) is 42.8 Å². The molecule has 118 valence electrons. The zero-order chi connectivity index (χ0) is 14.8. The third kappa shape index (κ3) is 2.66. The first-order chi connectivity index (χ1) is 10.9. The van der Waals surface area contributed by atoms with Gasteiger partial charge < -0.3 is 14.4 Å². The number of amidine groups is 1. The molecular weight excluding hydrogens is 276 g/mol. The maximum atomic E-state index is 5.98. The molecule has 0 saturated carbocycles. The predicted molar refractivity (Wildman–Crippen MR) is 85.9 cm³/mol. The van der Waals surface area contributed by atoms with Gasteiger partial charge in [-0.25, -0.2) is 0 Å². The summed E-state index contributed by atoms with van der Waals surface area (Å²) in [4.78, 5) is 7.31. The van der Waals surface area contributed by atoms with Crippen LogP contribution in [0.5, 0.6) is 0 Å². The molecule has 0 amide bonds. The van der Waals surface area contributed by atoms with E-state index in [-0.39, 0.29) is 5.79 Å². The van der Waals surface area contributed by atoms with Gasteiger partial charge in [0.25, 0.3) is 0 Å². The molecule has 0 aromatic heterocycles. The molecule has 22 heavy (non-hydrogen) atoms. The fourth-order valence-electron chi connectivity index (χ4n) is 3.91. The Morgan fingerprint density at radius 2 is 1.91 bits per heavy atom. The summed E-state index contributed by atoms with van der Waals surface area (Å²) in [6, 6.07) is 11.1. The number of benzene rings is 1. The third-order valence-corrected chi connectivity index (χ3v) is 5.05. The van der Waals surface area contributed by atoms with Gasteiger partial charge in [0.2, 0.25) is 0 Å². The van der Waals surface area contributed by atoms with Gasteiger partial charge in [-0.1, -0.05) is 30.3 Å². The Labute approximate surface area is 132 Å². The molecule has 1 unspecified atom stereocenters. The molecule has 0 aliphatic carbocycles. The van der Waals surface area contributed by atoms with Gasteiger partial charge in [-0.3, -0.25) is 4.99 Å². The molecule has 0 radical (unpaired) electrons. The van der Waals surface area contributed by atoms with Crippen LogP contribution < -0.4 is 0 Å². The van der Waals surface area contributed by atoms with Crippen molar-refractivity contribution in [1.29, 1.82) is 0 Å². The van der Waals surface area contributed by atoms with Gasteiger partial charge in [0.05, 0.1) is 25.1 Å². The molecule has 4 rings (SSSR count). The van der Waals surface area contributed by atoms with Crippen LogP contribution in [0, 0.1) is 0 Å². The SMILES string of the molecule is c1ccc(C2CC3(CCN2C2=NCCCC2)OCCO3)cc1. The molecule has 0 bridgehead atoms. The largest absolute Gasteiger partial charge is 0.353 e. The molecular formula is C18H24N2O2. The molecule has 2 saturated heterocycles. The highest BCUT2D eigenvalue weighted by Gasteiger charge is 2.45. The van der Waals surface area contributed by atoms with Crippen molar-refractivity contribution in [3.63, 3.8) is 0 Å². The number of piperidine rings is 1. The summed E-state index contributed by atoms with van der Waals surface area (Å²) in [5, 5.41) is 0. The van der Waals surface area contributed by atoms with Crippen LogP contribution >= 0.6 is 0 Å². The van der Waals surface area contributed by atoms with E-state index in [4.69, 9.17) is 14.5 Å². The van der Waals surface area contributed by atoms with Crippen molar-refractivity contribution in [1.82, 2.24) is 4.90 Å². The molecule has 4 nitrogen and oxygen atoms in total.